The van der Waals surface area contributed by atoms with Gasteiger partial charge in [0.2, 0.25) is 0 Å². The van der Waals surface area contributed by atoms with Crippen LogP contribution in [0.2, 0.25) is 0 Å². The maximum absolute atomic E-state index is 15.5. The van der Waals surface area contributed by atoms with Crippen LogP contribution in [0.1, 0.15) is 137 Å². The smallest absolute Gasteiger partial charge is 0.197 e. The van der Waals surface area contributed by atoms with E-state index in [2.05, 4.69) is 167 Å². The van der Waals surface area contributed by atoms with Crippen LogP contribution in [0.15, 0.2) is 141 Å². The van der Waals surface area contributed by atoms with Gasteiger partial charge in [-0.25, -0.2) is 0 Å². The normalized spacial score (nSPS) is 13.2. The van der Waals surface area contributed by atoms with Crippen LogP contribution < -0.4 is 10.6 Å². The van der Waals surface area contributed by atoms with Crippen LogP contribution in [0.3, 0.4) is 0 Å². The van der Waals surface area contributed by atoms with Crippen LogP contribution in [0.25, 0.3) is 0 Å². The topological polar surface area (TPSA) is 58.2 Å². The van der Waals surface area contributed by atoms with Crippen LogP contribution >= 0.6 is 23.5 Å². The molecular formula is C54H58N2O2S2. The second kappa shape index (κ2) is 16.1. The van der Waals surface area contributed by atoms with Crippen molar-refractivity contribution in [2.45, 2.75) is 124 Å². The van der Waals surface area contributed by atoms with Gasteiger partial charge in [0.15, 0.2) is 11.6 Å². The Morgan fingerprint density at radius 1 is 0.333 bits per heavy atom. The van der Waals surface area contributed by atoms with E-state index in [9.17, 15) is 0 Å². The van der Waals surface area contributed by atoms with Gasteiger partial charge in [-0.3, -0.25) is 9.59 Å². The van der Waals surface area contributed by atoms with E-state index in [0.29, 0.717) is 33.6 Å². The van der Waals surface area contributed by atoms with E-state index in [1.807, 2.05) is 48.5 Å². The second-order valence-electron chi connectivity index (χ2n) is 20.0. The van der Waals surface area contributed by atoms with E-state index in [1.165, 1.54) is 45.8 Å². The van der Waals surface area contributed by atoms with E-state index in [-0.39, 0.29) is 33.2 Å². The highest BCUT2D eigenvalue weighted by Crippen LogP contribution is 2.47. The third-order valence-corrected chi connectivity index (χ3v) is 13.3. The summed E-state index contributed by atoms with van der Waals surface area (Å²) in [5.74, 6) is -0.362. The van der Waals surface area contributed by atoms with Gasteiger partial charge in [0, 0.05) is 42.1 Å². The van der Waals surface area contributed by atoms with Gasteiger partial charge in [0.25, 0.3) is 0 Å². The van der Waals surface area contributed by atoms with Gasteiger partial charge in [-0.05, 0) is 117 Å². The molecule has 0 aliphatic heterocycles. The average molecular weight is 831 g/mol. The fourth-order valence-electron chi connectivity index (χ4n) is 7.44. The minimum Gasteiger partial charge on any atom is -0.355 e. The lowest BCUT2D eigenvalue weighted by Gasteiger charge is -2.27. The molecular weight excluding hydrogens is 773 g/mol. The number of carbonyl (C=O) groups is 2. The molecule has 6 aromatic rings. The Hall–Kier alpha value is -5.04. The SMILES string of the molecule is CC(C)(C)c1ccc(Nc2ccc(Nc3ccc(C(C)(C)C)cc3)c3c2C(=O)c2c(Sc4ccc(C(C)(C)C)cc4)ccc(Sc4ccc(C(C)(C)C)cc4)c2C3=O)cc1. The molecule has 7 rings (SSSR count). The van der Waals surface area contributed by atoms with Crippen LogP contribution in [0.4, 0.5) is 22.7 Å². The van der Waals surface area contributed by atoms with Crippen molar-refractivity contribution in [2.24, 2.45) is 0 Å². The molecule has 1 aliphatic rings. The third-order valence-electron chi connectivity index (χ3n) is 11.2. The number of nitrogens with one attached hydrogen (secondary N) is 2. The van der Waals surface area contributed by atoms with Crippen molar-refractivity contribution in [1.29, 1.82) is 0 Å². The molecule has 1 aliphatic carbocycles. The van der Waals surface area contributed by atoms with Crippen LogP contribution in [0, 0.1) is 0 Å². The van der Waals surface area contributed by atoms with Crippen molar-refractivity contribution in [2.75, 3.05) is 10.6 Å². The largest absolute Gasteiger partial charge is 0.355 e. The van der Waals surface area contributed by atoms with Gasteiger partial charge in [0.1, 0.15) is 0 Å². The summed E-state index contributed by atoms with van der Waals surface area (Å²) in [4.78, 5) is 34.6. The zero-order valence-corrected chi connectivity index (χ0v) is 38.8. The first-order valence-corrected chi connectivity index (χ1v) is 22.5. The lowest BCUT2D eigenvalue weighted by Crippen LogP contribution is -2.25. The Bertz CT molecular complexity index is 2200. The first kappa shape index (κ1) is 43.1. The molecule has 6 aromatic carbocycles. The van der Waals surface area contributed by atoms with Gasteiger partial charge in [-0.2, -0.15) is 0 Å². The molecule has 0 saturated carbocycles. The van der Waals surface area contributed by atoms with Crippen LogP contribution in [-0.2, 0) is 21.7 Å². The second-order valence-corrected chi connectivity index (χ2v) is 22.3. The van der Waals surface area contributed by atoms with E-state index < -0.39 is 0 Å². The standard InChI is InChI=1S/C54H58N2O2S2/c1-51(2,3)33-13-21-37(22-14-33)55-41-29-30-42(56-38-23-15-34(16-24-38)52(4,5)6)46-45(41)49(57)47-43(59-39-25-17-35(18-26-39)53(7,8)9)31-32-44(48(47)50(46)58)60-40-27-19-36(20-28-40)54(10,11)12/h13-32,55-56H,1-12H3. The molecule has 0 fully saturated rings. The first-order chi connectivity index (χ1) is 28.1. The molecule has 0 saturated heterocycles. The van der Waals surface area contributed by atoms with Gasteiger partial charge >= 0.3 is 0 Å². The van der Waals surface area contributed by atoms with Gasteiger partial charge in [-0.1, -0.05) is 155 Å². The molecule has 0 radical (unpaired) electrons. The number of fused-ring (bicyclic) bond motifs is 2. The van der Waals surface area contributed by atoms with Crippen LogP contribution in [0.5, 0.6) is 0 Å². The maximum atomic E-state index is 15.5. The molecule has 308 valence electrons. The number of ketones is 2. The minimum absolute atomic E-state index is 0.00628. The summed E-state index contributed by atoms with van der Waals surface area (Å²) in [5, 5.41) is 7.11. The summed E-state index contributed by atoms with van der Waals surface area (Å²) in [6, 6.07) is 41.6. The lowest BCUT2D eigenvalue weighted by molar-refractivity contribution is 0.0976. The number of rotatable bonds is 8. The molecule has 0 unspecified atom stereocenters. The van der Waals surface area contributed by atoms with Crippen molar-refractivity contribution in [3.05, 3.63) is 166 Å². The Balaban J connectivity index is 1.39. The number of hydrogen-bond acceptors (Lipinski definition) is 6. The zero-order chi connectivity index (χ0) is 43.4. The predicted molar refractivity (Wildman–Crippen MR) is 255 cm³/mol. The predicted octanol–water partition coefficient (Wildman–Crippen LogP) is 15.4. The summed E-state index contributed by atoms with van der Waals surface area (Å²) in [5.41, 5.74) is 9.36. The fraction of sp³-hybridized carbons (Fsp3) is 0.296. The molecule has 0 amide bonds. The number of anilines is 4. The number of carbonyl (C=O) groups excluding carboxylic acids is 2. The summed E-state index contributed by atoms with van der Waals surface area (Å²) in [6.07, 6.45) is 0. The molecule has 0 heterocycles. The first-order valence-electron chi connectivity index (χ1n) is 20.8. The van der Waals surface area contributed by atoms with Gasteiger partial charge in [-0.15, -0.1) is 0 Å². The van der Waals surface area contributed by atoms with E-state index in [1.54, 1.807) is 0 Å². The monoisotopic (exact) mass is 830 g/mol. The molecule has 2 N–H and O–H groups in total. The van der Waals surface area contributed by atoms with Crippen molar-refractivity contribution in [3.63, 3.8) is 0 Å². The number of benzene rings is 6. The molecule has 0 bridgehead atoms. The highest BCUT2D eigenvalue weighted by molar-refractivity contribution is 8.00. The molecule has 0 spiro atoms. The molecule has 60 heavy (non-hydrogen) atoms. The van der Waals surface area contributed by atoms with E-state index in [4.69, 9.17) is 0 Å². The van der Waals surface area contributed by atoms with Crippen molar-refractivity contribution < 1.29 is 9.59 Å². The summed E-state index contributed by atoms with van der Waals surface area (Å²) in [7, 11) is 0. The van der Waals surface area contributed by atoms with E-state index in [0.717, 1.165) is 31.0 Å². The van der Waals surface area contributed by atoms with Crippen molar-refractivity contribution >= 4 is 57.8 Å². The Labute approximate surface area is 366 Å². The molecule has 0 atom stereocenters. The maximum Gasteiger partial charge on any atom is 0.197 e. The number of hydrogen-bond donors (Lipinski definition) is 2. The highest BCUT2D eigenvalue weighted by Gasteiger charge is 2.38. The van der Waals surface area contributed by atoms with Gasteiger partial charge < -0.3 is 10.6 Å². The van der Waals surface area contributed by atoms with Crippen molar-refractivity contribution in [1.82, 2.24) is 0 Å². The quantitative estimate of drug-likeness (QED) is 0.159. The van der Waals surface area contributed by atoms with Crippen molar-refractivity contribution in [3.8, 4) is 0 Å². The zero-order valence-electron chi connectivity index (χ0n) is 37.2. The Kier molecular flexibility index (Phi) is 11.6. The summed E-state index contributed by atoms with van der Waals surface area (Å²) in [6.45, 7) is 26.4. The summed E-state index contributed by atoms with van der Waals surface area (Å²) >= 11 is 3.05. The molecule has 4 nitrogen and oxygen atoms in total. The molecule has 0 aromatic heterocycles. The third kappa shape index (κ3) is 9.16. The fourth-order valence-corrected chi connectivity index (χ4v) is 9.35. The van der Waals surface area contributed by atoms with Gasteiger partial charge in [0.05, 0.1) is 22.5 Å². The Morgan fingerprint density at radius 3 is 0.867 bits per heavy atom. The van der Waals surface area contributed by atoms with E-state index >= 15 is 9.59 Å². The highest BCUT2D eigenvalue weighted by atomic mass is 32.2. The average Bonchev–Trinajstić information content (AvgIpc) is 3.17. The summed E-state index contributed by atoms with van der Waals surface area (Å²) < 4.78 is 0. The Morgan fingerprint density at radius 2 is 0.600 bits per heavy atom. The van der Waals surface area contributed by atoms with Crippen LogP contribution in [-0.4, -0.2) is 11.6 Å². The molecule has 6 heteroatoms. The lowest BCUT2D eigenvalue weighted by atomic mass is 9.82. The minimum atomic E-state index is -0.181.